The van der Waals surface area contributed by atoms with Gasteiger partial charge in [-0.25, -0.2) is 4.39 Å². The first-order chi connectivity index (χ1) is 9.25. The fourth-order valence-electron chi connectivity index (χ4n) is 3.19. The van der Waals surface area contributed by atoms with Crippen LogP contribution in [0.2, 0.25) is 0 Å². The molecule has 0 radical (unpaired) electrons. The van der Waals surface area contributed by atoms with Crippen LogP contribution in [0.25, 0.3) is 0 Å². The highest BCUT2D eigenvalue weighted by Crippen LogP contribution is 2.32. The monoisotopic (exact) mass is 259 g/mol. The second-order valence-corrected chi connectivity index (χ2v) is 5.35. The van der Waals surface area contributed by atoms with Gasteiger partial charge in [0.1, 0.15) is 5.82 Å². The second-order valence-electron chi connectivity index (χ2n) is 5.35. The Balaban J connectivity index is 1.63. The molecule has 2 atom stereocenters. The van der Waals surface area contributed by atoms with Crippen molar-refractivity contribution < 1.29 is 9.18 Å². The molecule has 0 spiro atoms. The van der Waals surface area contributed by atoms with Gasteiger partial charge in [-0.05, 0) is 37.3 Å². The Labute approximate surface area is 112 Å². The molecule has 100 valence electrons. The van der Waals surface area contributed by atoms with Crippen LogP contribution in [0.4, 0.5) is 4.39 Å². The lowest BCUT2D eigenvalue weighted by Gasteiger charge is -2.31. The van der Waals surface area contributed by atoms with Crippen LogP contribution in [0.15, 0.2) is 36.4 Å². The molecular weight excluding hydrogens is 241 g/mol. The van der Waals surface area contributed by atoms with Crippen LogP contribution >= 0.6 is 0 Å². The van der Waals surface area contributed by atoms with E-state index in [1.807, 2.05) is 11.0 Å². The maximum atomic E-state index is 13.5. The highest BCUT2D eigenvalue weighted by Gasteiger charge is 2.36. The van der Waals surface area contributed by atoms with Crippen molar-refractivity contribution in [2.75, 3.05) is 0 Å². The molecule has 2 bridgehead atoms. The van der Waals surface area contributed by atoms with Crippen molar-refractivity contribution in [1.29, 1.82) is 0 Å². The van der Waals surface area contributed by atoms with E-state index in [1.54, 1.807) is 12.1 Å². The maximum absolute atomic E-state index is 13.5. The molecule has 3 rings (SSSR count). The van der Waals surface area contributed by atoms with Gasteiger partial charge in [0.25, 0.3) is 0 Å². The number of benzene rings is 1. The topological polar surface area (TPSA) is 20.3 Å². The molecule has 1 aromatic rings. The summed E-state index contributed by atoms with van der Waals surface area (Å²) in [6.45, 7) is 0. The fraction of sp³-hybridized carbons (Fsp3) is 0.438. The van der Waals surface area contributed by atoms with Crippen molar-refractivity contribution in [3.8, 4) is 0 Å². The molecule has 0 saturated carbocycles. The molecule has 1 amide bonds. The summed E-state index contributed by atoms with van der Waals surface area (Å²) in [4.78, 5) is 14.3. The molecule has 1 saturated heterocycles. The van der Waals surface area contributed by atoms with Gasteiger partial charge in [0.2, 0.25) is 5.91 Å². The number of nitrogens with zero attached hydrogens (tertiary/aromatic N) is 1. The molecule has 2 nitrogen and oxygen atoms in total. The zero-order chi connectivity index (χ0) is 13.2. The minimum absolute atomic E-state index is 0.167. The fourth-order valence-corrected chi connectivity index (χ4v) is 3.19. The SMILES string of the molecule is O=C(CCc1ccccc1F)N1C2C=CCC1CC2. The lowest BCUT2D eigenvalue weighted by atomic mass is 10.1. The molecule has 1 aromatic carbocycles. The smallest absolute Gasteiger partial charge is 0.223 e. The van der Waals surface area contributed by atoms with Gasteiger partial charge in [-0.1, -0.05) is 30.4 Å². The molecule has 19 heavy (non-hydrogen) atoms. The van der Waals surface area contributed by atoms with Gasteiger partial charge < -0.3 is 4.90 Å². The lowest BCUT2D eigenvalue weighted by molar-refractivity contribution is -0.133. The predicted octanol–water partition coefficient (Wildman–Crippen LogP) is 3.08. The molecule has 2 aliphatic heterocycles. The molecular formula is C16H18FNO. The van der Waals surface area contributed by atoms with Gasteiger partial charge in [-0.3, -0.25) is 4.79 Å². The van der Waals surface area contributed by atoms with Gasteiger partial charge in [0.05, 0.1) is 6.04 Å². The van der Waals surface area contributed by atoms with Gasteiger partial charge in [0.15, 0.2) is 0 Å². The standard InChI is InChI=1S/C16H18FNO/c17-15-7-2-1-4-12(15)8-11-16(19)18-13-5-3-6-14(18)10-9-13/h1-5,7,13-14H,6,8-11H2. The van der Waals surface area contributed by atoms with E-state index in [9.17, 15) is 9.18 Å². The summed E-state index contributed by atoms with van der Waals surface area (Å²) in [5.74, 6) is -0.0445. The summed E-state index contributed by atoms with van der Waals surface area (Å²) in [6, 6.07) is 7.36. The van der Waals surface area contributed by atoms with Gasteiger partial charge in [-0.15, -0.1) is 0 Å². The first-order valence-corrected chi connectivity index (χ1v) is 6.97. The summed E-state index contributed by atoms with van der Waals surface area (Å²) < 4.78 is 13.5. The Morgan fingerprint density at radius 3 is 2.95 bits per heavy atom. The Morgan fingerprint density at radius 2 is 2.16 bits per heavy atom. The highest BCUT2D eigenvalue weighted by atomic mass is 19.1. The third-order valence-corrected chi connectivity index (χ3v) is 4.17. The molecule has 0 aromatic heterocycles. The third-order valence-electron chi connectivity index (χ3n) is 4.17. The van der Waals surface area contributed by atoms with Crippen molar-refractivity contribution >= 4 is 5.91 Å². The van der Waals surface area contributed by atoms with E-state index in [0.717, 1.165) is 19.3 Å². The summed E-state index contributed by atoms with van der Waals surface area (Å²) in [5, 5.41) is 0. The number of fused-ring (bicyclic) bond motifs is 2. The highest BCUT2D eigenvalue weighted by molar-refractivity contribution is 5.78. The summed E-state index contributed by atoms with van der Waals surface area (Å²) in [5.41, 5.74) is 0.635. The zero-order valence-corrected chi connectivity index (χ0v) is 10.9. The van der Waals surface area contributed by atoms with E-state index in [0.29, 0.717) is 24.4 Å². The van der Waals surface area contributed by atoms with Crippen LogP contribution in [0, 0.1) is 5.82 Å². The molecule has 2 unspecified atom stereocenters. The minimum atomic E-state index is -0.211. The van der Waals surface area contributed by atoms with Crippen molar-refractivity contribution in [2.45, 2.75) is 44.2 Å². The average molecular weight is 259 g/mol. The number of carbonyl (C=O) groups excluding carboxylic acids is 1. The molecule has 1 fully saturated rings. The molecule has 2 aliphatic rings. The zero-order valence-electron chi connectivity index (χ0n) is 10.9. The normalized spacial score (nSPS) is 24.8. The van der Waals surface area contributed by atoms with Crippen LogP contribution in [-0.2, 0) is 11.2 Å². The number of carbonyl (C=O) groups is 1. The molecule has 0 aliphatic carbocycles. The third kappa shape index (κ3) is 2.42. The Morgan fingerprint density at radius 1 is 1.32 bits per heavy atom. The maximum Gasteiger partial charge on any atom is 0.223 e. The minimum Gasteiger partial charge on any atom is -0.333 e. The van der Waals surface area contributed by atoms with Gasteiger partial charge >= 0.3 is 0 Å². The largest absolute Gasteiger partial charge is 0.333 e. The molecule has 3 heteroatoms. The number of hydrogen-bond acceptors (Lipinski definition) is 1. The van der Waals surface area contributed by atoms with Crippen LogP contribution in [0.1, 0.15) is 31.2 Å². The summed E-state index contributed by atoms with van der Waals surface area (Å²) in [7, 11) is 0. The summed E-state index contributed by atoms with van der Waals surface area (Å²) >= 11 is 0. The Kier molecular flexibility index (Phi) is 3.36. The van der Waals surface area contributed by atoms with Crippen LogP contribution < -0.4 is 0 Å². The van der Waals surface area contributed by atoms with Gasteiger partial charge in [0, 0.05) is 12.5 Å². The Hall–Kier alpha value is -1.64. The lowest BCUT2D eigenvalue weighted by Crippen LogP contribution is -2.42. The second kappa shape index (κ2) is 5.16. The van der Waals surface area contributed by atoms with E-state index in [2.05, 4.69) is 12.2 Å². The van der Waals surface area contributed by atoms with Crippen LogP contribution in [0.5, 0.6) is 0 Å². The average Bonchev–Trinajstić information content (AvgIpc) is 2.67. The van der Waals surface area contributed by atoms with E-state index in [1.165, 1.54) is 6.07 Å². The number of rotatable bonds is 3. The van der Waals surface area contributed by atoms with Crippen molar-refractivity contribution in [2.24, 2.45) is 0 Å². The van der Waals surface area contributed by atoms with E-state index in [4.69, 9.17) is 0 Å². The summed E-state index contributed by atoms with van der Waals surface area (Å²) in [6.07, 6.45) is 8.37. The number of hydrogen-bond donors (Lipinski definition) is 0. The number of aryl methyl sites for hydroxylation is 1. The van der Waals surface area contributed by atoms with E-state index < -0.39 is 0 Å². The van der Waals surface area contributed by atoms with Crippen LogP contribution in [-0.4, -0.2) is 22.9 Å². The molecule has 2 heterocycles. The van der Waals surface area contributed by atoms with E-state index >= 15 is 0 Å². The predicted molar refractivity (Wildman–Crippen MR) is 72.1 cm³/mol. The van der Waals surface area contributed by atoms with Crippen molar-refractivity contribution in [3.63, 3.8) is 0 Å². The van der Waals surface area contributed by atoms with Crippen LogP contribution in [0.3, 0.4) is 0 Å². The number of amides is 1. The number of halogens is 1. The van der Waals surface area contributed by atoms with E-state index in [-0.39, 0.29) is 17.8 Å². The first kappa shape index (κ1) is 12.4. The Bertz CT molecular complexity index is 511. The molecule has 0 N–H and O–H groups in total. The van der Waals surface area contributed by atoms with Gasteiger partial charge in [-0.2, -0.15) is 0 Å². The van der Waals surface area contributed by atoms with Crippen molar-refractivity contribution in [3.05, 3.63) is 47.8 Å². The quantitative estimate of drug-likeness (QED) is 0.764. The first-order valence-electron chi connectivity index (χ1n) is 6.97. The van der Waals surface area contributed by atoms with Crippen molar-refractivity contribution in [1.82, 2.24) is 4.90 Å².